The standard InChI is InChI=1S/C15H16F2N4O3S/c16-15(17)25(23,24)12-3-1-11(2-4-12)20-7-9-21(10-8-20)13-5-6-14(22)19-18-13/h1-6,15H,7-10H2,(H,19,22). The van der Waals surface area contributed by atoms with Crippen molar-refractivity contribution in [1.29, 1.82) is 0 Å². The molecule has 1 aromatic heterocycles. The molecule has 25 heavy (non-hydrogen) atoms. The van der Waals surface area contributed by atoms with Crippen LogP contribution < -0.4 is 15.4 Å². The Kier molecular flexibility index (Phi) is 4.71. The smallest absolute Gasteiger partial charge is 0.341 e. The molecule has 10 heteroatoms. The van der Waals surface area contributed by atoms with Gasteiger partial charge in [-0.25, -0.2) is 13.5 Å². The van der Waals surface area contributed by atoms with Crippen molar-refractivity contribution < 1.29 is 17.2 Å². The molecule has 134 valence electrons. The van der Waals surface area contributed by atoms with E-state index in [4.69, 9.17) is 0 Å². The first-order valence-electron chi connectivity index (χ1n) is 7.56. The van der Waals surface area contributed by atoms with Gasteiger partial charge in [0.2, 0.25) is 9.84 Å². The second kappa shape index (κ2) is 6.79. The number of piperazine rings is 1. The summed E-state index contributed by atoms with van der Waals surface area (Å²) >= 11 is 0. The van der Waals surface area contributed by atoms with Gasteiger partial charge in [-0.2, -0.15) is 13.9 Å². The summed E-state index contributed by atoms with van der Waals surface area (Å²) in [5, 5.41) is 6.38. The summed E-state index contributed by atoms with van der Waals surface area (Å²) < 4.78 is 48.0. The minimum atomic E-state index is -4.57. The fraction of sp³-hybridized carbons (Fsp3) is 0.333. The summed E-state index contributed by atoms with van der Waals surface area (Å²) in [4.78, 5) is 14.7. The predicted octanol–water partition coefficient (Wildman–Crippen LogP) is 1.09. The monoisotopic (exact) mass is 370 g/mol. The number of sulfone groups is 1. The van der Waals surface area contributed by atoms with Crippen LogP contribution in [0.15, 0.2) is 46.1 Å². The van der Waals surface area contributed by atoms with E-state index in [0.29, 0.717) is 32.0 Å². The van der Waals surface area contributed by atoms with Gasteiger partial charge in [0.1, 0.15) is 5.82 Å². The number of nitrogens with one attached hydrogen (secondary N) is 1. The zero-order valence-electron chi connectivity index (χ0n) is 13.1. The lowest BCUT2D eigenvalue weighted by molar-refractivity contribution is 0.234. The lowest BCUT2D eigenvalue weighted by atomic mass is 10.2. The molecule has 1 aromatic carbocycles. The van der Waals surface area contributed by atoms with Gasteiger partial charge in [0.25, 0.3) is 5.56 Å². The quantitative estimate of drug-likeness (QED) is 0.867. The lowest BCUT2D eigenvalue weighted by Crippen LogP contribution is -2.47. The minimum Gasteiger partial charge on any atom is -0.368 e. The second-order valence-electron chi connectivity index (χ2n) is 5.55. The maximum Gasteiger partial charge on any atom is 0.341 e. The number of benzene rings is 1. The Morgan fingerprint density at radius 3 is 2.08 bits per heavy atom. The zero-order chi connectivity index (χ0) is 18.0. The van der Waals surface area contributed by atoms with Crippen LogP contribution in [0.2, 0.25) is 0 Å². The van der Waals surface area contributed by atoms with Crippen molar-refractivity contribution in [1.82, 2.24) is 10.2 Å². The summed E-state index contributed by atoms with van der Waals surface area (Å²) in [5.41, 5.74) is 0.503. The van der Waals surface area contributed by atoms with E-state index in [1.54, 1.807) is 6.07 Å². The van der Waals surface area contributed by atoms with Gasteiger partial charge in [0.15, 0.2) is 0 Å². The van der Waals surface area contributed by atoms with Crippen molar-refractivity contribution >= 4 is 21.3 Å². The molecule has 0 unspecified atom stereocenters. The highest BCUT2D eigenvalue weighted by atomic mass is 32.2. The Hall–Kier alpha value is -2.49. The van der Waals surface area contributed by atoms with Crippen LogP contribution in [0.5, 0.6) is 0 Å². The summed E-state index contributed by atoms with van der Waals surface area (Å²) in [7, 11) is -4.57. The molecular formula is C15H16F2N4O3S. The van der Waals surface area contributed by atoms with Crippen molar-refractivity contribution in [2.45, 2.75) is 10.7 Å². The first-order chi connectivity index (χ1) is 11.9. The van der Waals surface area contributed by atoms with Gasteiger partial charge in [-0.3, -0.25) is 4.79 Å². The molecule has 0 saturated carbocycles. The van der Waals surface area contributed by atoms with E-state index in [0.717, 1.165) is 5.69 Å². The van der Waals surface area contributed by atoms with E-state index >= 15 is 0 Å². The molecule has 1 aliphatic rings. The van der Waals surface area contributed by atoms with Gasteiger partial charge in [-0.15, -0.1) is 0 Å². The number of H-pyrrole nitrogens is 1. The number of hydrogen-bond donors (Lipinski definition) is 1. The number of rotatable bonds is 4. The van der Waals surface area contributed by atoms with E-state index in [2.05, 4.69) is 10.2 Å². The van der Waals surface area contributed by atoms with Crippen LogP contribution >= 0.6 is 0 Å². The van der Waals surface area contributed by atoms with Gasteiger partial charge in [0.05, 0.1) is 4.90 Å². The lowest BCUT2D eigenvalue weighted by Gasteiger charge is -2.36. The molecule has 0 atom stereocenters. The summed E-state index contributed by atoms with van der Waals surface area (Å²) in [6.07, 6.45) is 0. The van der Waals surface area contributed by atoms with Crippen LogP contribution in [0.4, 0.5) is 20.3 Å². The van der Waals surface area contributed by atoms with E-state index in [1.807, 2.05) is 9.80 Å². The van der Waals surface area contributed by atoms with Crippen LogP contribution in [-0.2, 0) is 9.84 Å². The SMILES string of the molecule is O=c1ccc(N2CCN(c3ccc(S(=O)(=O)C(F)F)cc3)CC2)n[nH]1. The Balaban J connectivity index is 1.67. The Morgan fingerprint density at radius 1 is 0.960 bits per heavy atom. The molecule has 7 nitrogen and oxygen atoms in total. The highest BCUT2D eigenvalue weighted by molar-refractivity contribution is 7.91. The van der Waals surface area contributed by atoms with E-state index in [-0.39, 0.29) is 10.5 Å². The molecule has 3 rings (SSSR count). The third-order valence-electron chi connectivity index (χ3n) is 4.03. The Bertz CT molecular complexity index is 871. The van der Waals surface area contributed by atoms with Gasteiger partial charge in [-0.1, -0.05) is 0 Å². The number of hydrogen-bond acceptors (Lipinski definition) is 6. The van der Waals surface area contributed by atoms with E-state index < -0.39 is 15.6 Å². The van der Waals surface area contributed by atoms with Gasteiger partial charge >= 0.3 is 5.76 Å². The number of alkyl halides is 2. The largest absolute Gasteiger partial charge is 0.368 e. The van der Waals surface area contributed by atoms with Crippen molar-refractivity contribution in [2.75, 3.05) is 36.0 Å². The van der Waals surface area contributed by atoms with Crippen molar-refractivity contribution in [3.63, 3.8) is 0 Å². The number of nitrogens with zero attached hydrogens (tertiary/aromatic N) is 3. The number of anilines is 2. The first-order valence-corrected chi connectivity index (χ1v) is 9.10. The number of aromatic nitrogens is 2. The zero-order valence-corrected chi connectivity index (χ0v) is 13.9. The molecule has 1 N–H and O–H groups in total. The highest BCUT2D eigenvalue weighted by Gasteiger charge is 2.26. The highest BCUT2D eigenvalue weighted by Crippen LogP contribution is 2.23. The summed E-state index contributed by atoms with van der Waals surface area (Å²) in [6.45, 7) is 2.63. The molecule has 0 aliphatic carbocycles. The van der Waals surface area contributed by atoms with E-state index in [9.17, 15) is 22.0 Å². The minimum absolute atomic E-state index is 0.263. The average Bonchev–Trinajstić information content (AvgIpc) is 2.62. The van der Waals surface area contributed by atoms with Gasteiger partial charge in [0, 0.05) is 37.9 Å². The third kappa shape index (κ3) is 3.63. The van der Waals surface area contributed by atoms with Gasteiger partial charge < -0.3 is 9.80 Å². The number of halogens is 2. The first kappa shape index (κ1) is 17.3. The summed E-state index contributed by atoms with van der Waals surface area (Å²) in [5.74, 6) is -2.75. The normalized spacial score (nSPS) is 15.6. The summed E-state index contributed by atoms with van der Waals surface area (Å²) in [6, 6.07) is 8.53. The van der Waals surface area contributed by atoms with Crippen molar-refractivity contribution in [2.24, 2.45) is 0 Å². The second-order valence-corrected chi connectivity index (χ2v) is 7.47. The Morgan fingerprint density at radius 2 is 1.56 bits per heavy atom. The van der Waals surface area contributed by atoms with Crippen LogP contribution in [-0.4, -0.2) is 50.6 Å². The maximum absolute atomic E-state index is 12.6. The topological polar surface area (TPSA) is 86.4 Å². The molecule has 0 radical (unpaired) electrons. The van der Waals surface area contributed by atoms with Crippen LogP contribution in [0.25, 0.3) is 0 Å². The van der Waals surface area contributed by atoms with E-state index in [1.165, 1.54) is 30.3 Å². The molecule has 1 saturated heterocycles. The molecule has 2 heterocycles. The van der Waals surface area contributed by atoms with Crippen LogP contribution in [0, 0.1) is 0 Å². The number of aromatic amines is 1. The van der Waals surface area contributed by atoms with Gasteiger partial charge in [-0.05, 0) is 30.3 Å². The third-order valence-corrected chi connectivity index (χ3v) is 5.43. The van der Waals surface area contributed by atoms with Crippen molar-refractivity contribution in [3.8, 4) is 0 Å². The average molecular weight is 370 g/mol. The predicted molar refractivity (Wildman–Crippen MR) is 88.9 cm³/mol. The fourth-order valence-corrected chi connectivity index (χ4v) is 3.38. The van der Waals surface area contributed by atoms with Crippen LogP contribution in [0.1, 0.15) is 0 Å². The van der Waals surface area contributed by atoms with Crippen molar-refractivity contribution in [3.05, 3.63) is 46.8 Å². The fourth-order valence-electron chi connectivity index (χ4n) is 2.66. The molecule has 0 bridgehead atoms. The molecule has 1 fully saturated rings. The molecule has 1 aliphatic heterocycles. The molecule has 0 spiro atoms. The van der Waals surface area contributed by atoms with Crippen LogP contribution in [0.3, 0.4) is 0 Å². The maximum atomic E-state index is 12.6. The molecule has 0 amide bonds. The molecule has 2 aromatic rings. The Labute approximate surface area is 142 Å². The molecular weight excluding hydrogens is 354 g/mol.